The zero-order chi connectivity index (χ0) is 17.4. The maximum Gasteiger partial charge on any atom is 0.225 e. The molecule has 3 aliphatic heterocycles. The average Bonchev–Trinajstić information content (AvgIpc) is 3.21. The highest BCUT2D eigenvalue weighted by Gasteiger charge is 2.47. The van der Waals surface area contributed by atoms with E-state index in [1.165, 1.54) is 0 Å². The third-order valence-corrected chi connectivity index (χ3v) is 9.11. The number of likely N-dealkylation sites (tertiary alicyclic amines) is 1. The van der Waals surface area contributed by atoms with Gasteiger partial charge in [0.15, 0.2) is 0 Å². The van der Waals surface area contributed by atoms with E-state index in [0.717, 1.165) is 71.0 Å². The maximum atomic E-state index is 13.4. The predicted molar refractivity (Wildman–Crippen MR) is 104 cm³/mol. The molecule has 0 aromatic rings. The Hall–Kier alpha value is -0.370. The van der Waals surface area contributed by atoms with Crippen LogP contribution in [0, 0.1) is 5.92 Å². The minimum Gasteiger partial charge on any atom is -0.341 e. The third kappa shape index (κ3) is 3.77. The van der Waals surface area contributed by atoms with Gasteiger partial charge in [-0.2, -0.15) is 4.31 Å². The van der Waals surface area contributed by atoms with E-state index in [-0.39, 0.29) is 36.3 Å². The molecule has 3 unspecified atom stereocenters. The van der Waals surface area contributed by atoms with Gasteiger partial charge in [-0.15, -0.1) is 12.4 Å². The number of halogens is 1. The van der Waals surface area contributed by atoms with Crippen molar-refractivity contribution >= 4 is 28.3 Å². The normalized spacial score (nSPS) is 33.7. The van der Waals surface area contributed by atoms with Crippen molar-refractivity contribution in [2.45, 2.75) is 75.1 Å². The molecule has 3 saturated heterocycles. The van der Waals surface area contributed by atoms with Crippen LogP contribution in [0.5, 0.6) is 0 Å². The standard InChI is InChI=1S/C18H31N3O3S.ClH/c22-18(14-4-1-2-5-14)20-11-3-6-17(13-20)25(23,24)21-15-7-8-16(21)12-19-10-9-15;/h14-17,19H,1-13H2;1H. The molecule has 26 heavy (non-hydrogen) atoms. The van der Waals surface area contributed by atoms with E-state index in [1.54, 1.807) is 0 Å². The fourth-order valence-electron chi connectivity index (χ4n) is 5.34. The van der Waals surface area contributed by atoms with Gasteiger partial charge in [0.25, 0.3) is 0 Å². The Morgan fingerprint density at radius 3 is 2.42 bits per heavy atom. The van der Waals surface area contributed by atoms with Crippen molar-refractivity contribution in [3.63, 3.8) is 0 Å². The molecule has 0 spiro atoms. The summed E-state index contributed by atoms with van der Waals surface area (Å²) >= 11 is 0. The van der Waals surface area contributed by atoms with Gasteiger partial charge in [-0.3, -0.25) is 4.79 Å². The monoisotopic (exact) mass is 405 g/mol. The van der Waals surface area contributed by atoms with E-state index in [2.05, 4.69) is 5.32 Å². The number of hydrogen-bond donors (Lipinski definition) is 1. The highest BCUT2D eigenvalue weighted by molar-refractivity contribution is 7.89. The molecule has 8 heteroatoms. The fraction of sp³-hybridized carbons (Fsp3) is 0.944. The number of carbonyl (C=O) groups is 1. The van der Waals surface area contributed by atoms with Crippen molar-refractivity contribution in [1.29, 1.82) is 0 Å². The van der Waals surface area contributed by atoms with Crippen molar-refractivity contribution in [2.75, 3.05) is 26.2 Å². The second kappa shape index (κ2) is 8.33. The Bertz CT molecular complexity index is 595. The smallest absolute Gasteiger partial charge is 0.225 e. The number of sulfonamides is 1. The molecule has 0 radical (unpaired) electrons. The van der Waals surface area contributed by atoms with E-state index >= 15 is 0 Å². The van der Waals surface area contributed by atoms with Crippen molar-refractivity contribution in [3.8, 4) is 0 Å². The number of carbonyl (C=O) groups excluding carboxylic acids is 1. The average molecular weight is 406 g/mol. The Labute approximate surface area is 163 Å². The summed E-state index contributed by atoms with van der Waals surface area (Å²) in [6.07, 6.45) is 8.60. The van der Waals surface area contributed by atoms with Crippen molar-refractivity contribution < 1.29 is 13.2 Å². The number of amides is 1. The van der Waals surface area contributed by atoms with Crippen LogP contribution in [0.15, 0.2) is 0 Å². The molecule has 4 aliphatic rings. The summed E-state index contributed by atoms with van der Waals surface area (Å²) in [7, 11) is -3.33. The zero-order valence-corrected chi connectivity index (χ0v) is 17.1. The zero-order valence-electron chi connectivity index (χ0n) is 15.4. The Balaban J connectivity index is 0.00000196. The molecule has 6 nitrogen and oxygen atoms in total. The van der Waals surface area contributed by atoms with Gasteiger partial charge in [-0.1, -0.05) is 12.8 Å². The number of hydrogen-bond acceptors (Lipinski definition) is 4. The summed E-state index contributed by atoms with van der Waals surface area (Å²) in [6, 6.07) is 0.268. The SMILES string of the molecule is Cl.O=C(C1CCCC1)N1CCCC(S(=O)(=O)N2C3CCNCC2CC3)C1. The first kappa shape index (κ1) is 20.4. The van der Waals surface area contributed by atoms with Crippen molar-refractivity contribution in [3.05, 3.63) is 0 Å². The predicted octanol–water partition coefficient (Wildman–Crippen LogP) is 1.75. The van der Waals surface area contributed by atoms with Crippen LogP contribution in [0.1, 0.15) is 57.8 Å². The number of rotatable bonds is 3. The number of fused-ring (bicyclic) bond motifs is 2. The summed E-state index contributed by atoms with van der Waals surface area (Å²) in [5.74, 6) is 0.345. The molecule has 2 bridgehead atoms. The van der Waals surface area contributed by atoms with Crippen LogP contribution in [0.4, 0.5) is 0 Å². The minimum atomic E-state index is -3.33. The minimum absolute atomic E-state index is 0. The van der Waals surface area contributed by atoms with Crippen molar-refractivity contribution in [2.24, 2.45) is 5.92 Å². The maximum absolute atomic E-state index is 13.4. The summed E-state index contributed by atoms with van der Waals surface area (Å²) in [5, 5.41) is 2.97. The van der Waals surface area contributed by atoms with Gasteiger partial charge in [0.05, 0.1) is 5.25 Å². The van der Waals surface area contributed by atoms with Crippen LogP contribution in [0.2, 0.25) is 0 Å². The van der Waals surface area contributed by atoms with Crippen LogP contribution in [0.25, 0.3) is 0 Å². The largest absolute Gasteiger partial charge is 0.341 e. The molecule has 1 amide bonds. The fourth-order valence-corrected chi connectivity index (χ4v) is 7.74. The number of nitrogens with one attached hydrogen (secondary N) is 1. The lowest BCUT2D eigenvalue weighted by Gasteiger charge is -2.38. The van der Waals surface area contributed by atoms with Gasteiger partial charge >= 0.3 is 0 Å². The lowest BCUT2D eigenvalue weighted by atomic mass is 10.0. The van der Waals surface area contributed by atoms with Gasteiger partial charge in [-0.25, -0.2) is 8.42 Å². The molecule has 1 saturated carbocycles. The van der Waals surface area contributed by atoms with Crippen molar-refractivity contribution in [1.82, 2.24) is 14.5 Å². The Kier molecular flexibility index (Phi) is 6.53. The van der Waals surface area contributed by atoms with Gasteiger partial charge < -0.3 is 10.2 Å². The highest BCUT2D eigenvalue weighted by atomic mass is 35.5. The summed E-state index contributed by atoms with van der Waals surface area (Å²) in [6.45, 7) is 2.81. The molecule has 1 N–H and O–H groups in total. The number of piperidine rings is 1. The second-order valence-electron chi connectivity index (χ2n) is 8.28. The first-order valence-corrected chi connectivity index (χ1v) is 11.6. The summed E-state index contributed by atoms with van der Waals surface area (Å²) in [4.78, 5) is 14.6. The third-order valence-electron chi connectivity index (χ3n) is 6.70. The van der Waals surface area contributed by atoms with Gasteiger partial charge in [0, 0.05) is 37.6 Å². The van der Waals surface area contributed by atoms with E-state index < -0.39 is 15.3 Å². The van der Waals surface area contributed by atoms with Gasteiger partial charge in [0.2, 0.25) is 15.9 Å². The highest BCUT2D eigenvalue weighted by Crippen LogP contribution is 2.35. The molecule has 3 heterocycles. The first-order chi connectivity index (χ1) is 12.1. The van der Waals surface area contributed by atoms with E-state index in [0.29, 0.717) is 13.0 Å². The van der Waals surface area contributed by atoms with E-state index in [4.69, 9.17) is 0 Å². The van der Waals surface area contributed by atoms with Crippen LogP contribution in [0.3, 0.4) is 0 Å². The molecular formula is C18H32ClN3O3S. The molecule has 150 valence electrons. The Morgan fingerprint density at radius 1 is 0.923 bits per heavy atom. The molecule has 4 rings (SSSR count). The second-order valence-corrected chi connectivity index (χ2v) is 10.4. The topological polar surface area (TPSA) is 69.7 Å². The summed E-state index contributed by atoms with van der Waals surface area (Å²) in [5.41, 5.74) is 0. The summed E-state index contributed by atoms with van der Waals surface area (Å²) < 4.78 is 28.6. The molecule has 3 atom stereocenters. The Morgan fingerprint density at radius 2 is 1.65 bits per heavy atom. The van der Waals surface area contributed by atoms with Gasteiger partial charge in [-0.05, 0) is 51.5 Å². The van der Waals surface area contributed by atoms with Gasteiger partial charge in [0.1, 0.15) is 0 Å². The van der Waals surface area contributed by atoms with Crippen LogP contribution in [-0.4, -0.2) is 67.0 Å². The van der Waals surface area contributed by atoms with E-state index in [9.17, 15) is 13.2 Å². The van der Waals surface area contributed by atoms with Crippen LogP contribution < -0.4 is 5.32 Å². The molecule has 1 aliphatic carbocycles. The molecule has 0 aromatic heterocycles. The molecule has 4 fully saturated rings. The van der Waals surface area contributed by atoms with Crippen LogP contribution in [-0.2, 0) is 14.8 Å². The van der Waals surface area contributed by atoms with E-state index in [1.807, 2.05) is 9.21 Å². The first-order valence-electron chi connectivity index (χ1n) is 10.1. The lowest BCUT2D eigenvalue weighted by Crippen LogP contribution is -2.53. The quantitative estimate of drug-likeness (QED) is 0.776. The lowest BCUT2D eigenvalue weighted by molar-refractivity contribution is -0.136. The molecular weight excluding hydrogens is 374 g/mol. The molecule has 0 aromatic carbocycles. The van der Waals surface area contributed by atoms with Crippen LogP contribution >= 0.6 is 12.4 Å². The number of nitrogens with zero attached hydrogens (tertiary/aromatic N) is 2.